The van der Waals surface area contributed by atoms with Crippen LogP contribution in [0.15, 0.2) is 18.2 Å². The average Bonchev–Trinajstić information content (AvgIpc) is 2.42. The first-order chi connectivity index (χ1) is 9.58. The number of carbonyl (C=O) groups is 1. The fraction of sp³-hybridized carbons (Fsp3) is 0.500. The number of halogens is 1. The highest BCUT2D eigenvalue weighted by atomic mass is 19.1. The van der Waals surface area contributed by atoms with Gasteiger partial charge in [0, 0.05) is 25.7 Å². The largest absolute Gasteiger partial charge is 0.478 e. The van der Waals surface area contributed by atoms with Crippen molar-refractivity contribution in [2.75, 3.05) is 38.2 Å². The first-order valence-corrected chi connectivity index (χ1v) is 6.66. The molecule has 0 amide bonds. The molecule has 2 rings (SSSR count). The maximum atomic E-state index is 13.8. The van der Waals surface area contributed by atoms with Crippen LogP contribution in [0, 0.1) is 5.82 Å². The molecular formula is C14H19FN2O3. The zero-order chi connectivity index (χ0) is 14.5. The molecule has 20 heavy (non-hydrogen) atoms. The third-order valence-corrected chi connectivity index (χ3v) is 3.27. The van der Waals surface area contributed by atoms with Gasteiger partial charge in [-0.25, -0.2) is 9.18 Å². The van der Waals surface area contributed by atoms with Gasteiger partial charge in [0.25, 0.3) is 0 Å². The maximum absolute atomic E-state index is 13.8. The highest BCUT2D eigenvalue weighted by Crippen LogP contribution is 2.21. The fourth-order valence-electron chi connectivity index (χ4n) is 2.31. The van der Waals surface area contributed by atoms with Crippen LogP contribution >= 0.6 is 0 Å². The summed E-state index contributed by atoms with van der Waals surface area (Å²) in [6, 6.07) is 4.00. The van der Waals surface area contributed by atoms with Gasteiger partial charge in [-0.05, 0) is 19.1 Å². The number of aromatic carboxylic acids is 1. The van der Waals surface area contributed by atoms with Gasteiger partial charge in [0.05, 0.1) is 24.5 Å². The molecule has 0 aromatic heterocycles. The highest BCUT2D eigenvalue weighted by molar-refractivity contribution is 5.94. The summed E-state index contributed by atoms with van der Waals surface area (Å²) in [5.74, 6) is -1.68. The summed E-state index contributed by atoms with van der Waals surface area (Å²) in [4.78, 5) is 13.3. The summed E-state index contributed by atoms with van der Waals surface area (Å²) in [5, 5.41) is 12.1. The molecule has 0 saturated carbocycles. The third-order valence-electron chi connectivity index (χ3n) is 3.27. The lowest BCUT2D eigenvalue weighted by Crippen LogP contribution is -2.42. The second-order valence-corrected chi connectivity index (χ2v) is 4.93. The number of ether oxygens (including phenoxy) is 1. The lowest BCUT2D eigenvalue weighted by Gasteiger charge is -2.30. The van der Waals surface area contributed by atoms with Crippen LogP contribution in [0.5, 0.6) is 0 Å². The van der Waals surface area contributed by atoms with E-state index in [0.717, 1.165) is 19.6 Å². The zero-order valence-corrected chi connectivity index (χ0v) is 11.4. The summed E-state index contributed by atoms with van der Waals surface area (Å²) in [7, 11) is 0. The van der Waals surface area contributed by atoms with Crippen LogP contribution in [0.25, 0.3) is 0 Å². The fourth-order valence-corrected chi connectivity index (χ4v) is 2.31. The van der Waals surface area contributed by atoms with E-state index < -0.39 is 11.8 Å². The van der Waals surface area contributed by atoms with Gasteiger partial charge in [-0.15, -0.1) is 0 Å². The molecule has 0 spiro atoms. The highest BCUT2D eigenvalue weighted by Gasteiger charge is 2.18. The molecule has 1 aromatic rings. The minimum Gasteiger partial charge on any atom is -0.478 e. The van der Waals surface area contributed by atoms with Crippen LogP contribution in [0.4, 0.5) is 10.1 Å². The molecule has 5 nitrogen and oxygen atoms in total. The summed E-state index contributed by atoms with van der Waals surface area (Å²) in [6.45, 7) is 5.72. The summed E-state index contributed by atoms with van der Waals surface area (Å²) in [6.07, 6.45) is 0. The van der Waals surface area contributed by atoms with Crippen LogP contribution in [0.2, 0.25) is 0 Å². The van der Waals surface area contributed by atoms with Crippen molar-refractivity contribution < 1.29 is 19.0 Å². The topological polar surface area (TPSA) is 61.8 Å². The lowest BCUT2D eigenvalue weighted by molar-refractivity contribution is 0.0368. The van der Waals surface area contributed by atoms with Gasteiger partial charge < -0.3 is 15.2 Å². The number of carboxylic acids is 1. The number of para-hydroxylation sites is 1. The summed E-state index contributed by atoms with van der Waals surface area (Å²) >= 11 is 0. The number of nitrogens with one attached hydrogen (secondary N) is 1. The molecule has 0 radical (unpaired) electrons. The molecule has 1 fully saturated rings. The number of rotatable bonds is 5. The molecule has 1 aromatic carbocycles. The van der Waals surface area contributed by atoms with Crippen molar-refractivity contribution >= 4 is 11.7 Å². The van der Waals surface area contributed by atoms with Crippen molar-refractivity contribution in [3.63, 3.8) is 0 Å². The number of hydrogen-bond donors (Lipinski definition) is 2. The Morgan fingerprint density at radius 2 is 2.20 bits per heavy atom. The normalized spacial score (nSPS) is 17.7. The van der Waals surface area contributed by atoms with Gasteiger partial charge in [0.1, 0.15) is 5.82 Å². The van der Waals surface area contributed by atoms with Gasteiger partial charge in [0.2, 0.25) is 0 Å². The predicted molar refractivity (Wildman–Crippen MR) is 73.7 cm³/mol. The molecular weight excluding hydrogens is 263 g/mol. The monoisotopic (exact) mass is 282 g/mol. The first kappa shape index (κ1) is 14.7. The Bertz CT molecular complexity index is 475. The Labute approximate surface area is 117 Å². The van der Waals surface area contributed by atoms with E-state index in [1.54, 1.807) is 0 Å². The molecule has 1 heterocycles. The van der Waals surface area contributed by atoms with Crippen molar-refractivity contribution in [2.45, 2.75) is 13.0 Å². The van der Waals surface area contributed by atoms with Crippen molar-refractivity contribution in [3.05, 3.63) is 29.6 Å². The van der Waals surface area contributed by atoms with Crippen LogP contribution < -0.4 is 5.32 Å². The van der Waals surface area contributed by atoms with Crippen molar-refractivity contribution in [3.8, 4) is 0 Å². The SMILES string of the molecule is CC(CN1CCOCC1)Nc1c(F)cccc1C(=O)O. The number of carboxylic acid groups (broad SMARTS) is 1. The molecule has 2 N–H and O–H groups in total. The number of anilines is 1. The van der Waals surface area contributed by atoms with E-state index in [9.17, 15) is 9.18 Å². The van der Waals surface area contributed by atoms with E-state index in [1.165, 1.54) is 18.2 Å². The quantitative estimate of drug-likeness (QED) is 0.860. The number of hydrogen-bond acceptors (Lipinski definition) is 4. The van der Waals surface area contributed by atoms with Crippen LogP contribution in [-0.2, 0) is 4.74 Å². The van der Waals surface area contributed by atoms with E-state index in [1.807, 2.05) is 6.92 Å². The molecule has 1 aliphatic rings. The van der Waals surface area contributed by atoms with Gasteiger partial charge in [-0.3, -0.25) is 4.90 Å². The standard InChI is InChI=1S/C14H19FN2O3/c1-10(9-17-5-7-20-8-6-17)16-13-11(14(18)19)3-2-4-12(13)15/h2-4,10,16H,5-9H2,1H3,(H,18,19). The Kier molecular flexibility index (Phi) is 4.92. The van der Waals surface area contributed by atoms with Gasteiger partial charge in [0.15, 0.2) is 0 Å². The van der Waals surface area contributed by atoms with E-state index in [0.29, 0.717) is 13.2 Å². The molecule has 0 aliphatic carbocycles. The molecule has 1 aliphatic heterocycles. The van der Waals surface area contributed by atoms with Gasteiger partial charge in [-0.2, -0.15) is 0 Å². The van der Waals surface area contributed by atoms with E-state index in [-0.39, 0.29) is 17.3 Å². The summed E-state index contributed by atoms with van der Waals surface area (Å²) < 4.78 is 19.1. The summed E-state index contributed by atoms with van der Waals surface area (Å²) in [5.41, 5.74) is 0.0135. The molecule has 110 valence electrons. The van der Waals surface area contributed by atoms with Crippen molar-refractivity contribution in [1.82, 2.24) is 4.90 Å². The number of morpholine rings is 1. The second kappa shape index (κ2) is 6.67. The van der Waals surface area contributed by atoms with Gasteiger partial charge >= 0.3 is 5.97 Å². The second-order valence-electron chi connectivity index (χ2n) is 4.93. The van der Waals surface area contributed by atoms with E-state index in [4.69, 9.17) is 9.84 Å². The molecule has 1 unspecified atom stereocenters. The molecule has 1 saturated heterocycles. The predicted octanol–water partition coefficient (Wildman–Crippen LogP) is 1.66. The Morgan fingerprint density at radius 1 is 1.50 bits per heavy atom. The molecule has 0 bridgehead atoms. The van der Waals surface area contributed by atoms with Crippen LogP contribution in [0.1, 0.15) is 17.3 Å². The zero-order valence-electron chi connectivity index (χ0n) is 11.4. The first-order valence-electron chi connectivity index (χ1n) is 6.66. The average molecular weight is 282 g/mol. The van der Waals surface area contributed by atoms with Crippen LogP contribution in [-0.4, -0.2) is 54.9 Å². The Balaban J connectivity index is 2.03. The van der Waals surface area contributed by atoms with E-state index in [2.05, 4.69) is 10.2 Å². The number of nitrogens with zero attached hydrogens (tertiary/aromatic N) is 1. The molecule has 1 atom stereocenters. The smallest absolute Gasteiger partial charge is 0.337 e. The van der Waals surface area contributed by atoms with E-state index >= 15 is 0 Å². The maximum Gasteiger partial charge on any atom is 0.337 e. The minimum absolute atomic E-state index is 0.0428. The van der Waals surface area contributed by atoms with Gasteiger partial charge in [-0.1, -0.05) is 6.07 Å². The van der Waals surface area contributed by atoms with Crippen molar-refractivity contribution in [2.24, 2.45) is 0 Å². The lowest BCUT2D eigenvalue weighted by atomic mass is 10.1. The Hall–Kier alpha value is -1.66. The number of benzene rings is 1. The minimum atomic E-state index is -1.13. The van der Waals surface area contributed by atoms with Crippen LogP contribution in [0.3, 0.4) is 0 Å². The van der Waals surface area contributed by atoms with Crippen molar-refractivity contribution in [1.29, 1.82) is 0 Å². The Morgan fingerprint density at radius 3 is 2.85 bits per heavy atom. The molecule has 6 heteroatoms. The third kappa shape index (κ3) is 3.68.